The molecule has 1 aromatic carbocycles. The van der Waals surface area contributed by atoms with Gasteiger partial charge in [-0.15, -0.1) is 0 Å². The summed E-state index contributed by atoms with van der Waals surface area (Å²) in [6.07, 6.45) is 3.51. The largest absolute Gasteiger partial charge is 0.491 e. The van der Waals surface area contributed by atoms with Crippen LogP contribution in [0.3, 0.4) is 0 Å². The Kier molecular flexibility index (Phi) is 6.34. The molecule has 0 bridgehead atoms. The number of halogens is 1. The third-order valence-corrected chi connectivity index (χ3v) is 4.82. The Morgan fingerprint density at radius 3 is 2.90 bits per heavy atom. The first-order valence-electron chi connectivity index (χ1n) is 7.84. The van der Waals surface area contributed by atoms with Gasteiger partial charge in [0.2, 0.25) is 0 Å². The topological polar surface area (TPSA) is 41.5 Å². The molecule has 0 heterocycles. The number of rotatable bonds is 7. The molecule has 1 saturated carbocycles. The average molecular weight is 312 g/mol. The summed E-state index contributed by atoms with van der Waals surface area (Å²) in [6.45, 7) is 6.14. The molecule has 3 nitrogen and oxygen atoms in total. The molecule has 3 atom stereocenters. The van der Waals surface area contributed by atoms with Crippen LogP contribution in [0.4, 0.5) is 0 Å². The lowest BCUT2D eigenvalue weighted by atomic mass is 9.98. The van der Waals surface area contributed by atoms with E-state index in [0.717, 1.165) is 34.7 Å². The van der Waals surface area contributed by atoms with Crippen LogP contribution in [0.1, 0.15) is 31.7 Å². The third kappa shape index (κ3) is 5.17. The monoisotopic (exact) mass is 311 g/mol. The standard InChI is InChI=1S/C17H26ClNO2/c1-12-4-3-5-14(12)9-19-10-15(20)11-21-16-6-7-17(18)13(2)8-16/h6-8,12,14-15,19-20H,3-5,9-11H2,1-2H3. The van der Waals surface area contributed by atoms with Gasteiger partial charge in [0.15, 0.2) is 0 Å². The molecular weight excluding hydrogens is 286 g/mol. The minimum Gasteiger partial charge on any atom is -0.491 e. The second kappa shape index (κ2) is 8.02. The van der Waals surface area contributed by atoms with E-state index in [9.17, 15) is 5.11 Å². The van der Waals surface area contributed by atoms with Gasteiger partial charge in [-0.2, -0.15) is 0 Å². The van der Waals surface area contributed by atoms with Crippen LogP contribution in [0.2, 0.25) is 5.02 Å². The summed E-state index contributed by atoms with van der Waals surface area (Å²) in [5.74, 6) is 2.32. The van der Waals surface area contributed by atoms with Crippen LogP contribution < -0.4 is 10.1 Å². The normalized spacial score (nSPS) is 23.2. The lowest BCUT2D eigenvalue weighted by Crippen LogP contribution is -2.34. The van der Waals surface area contributed by atoms with Crippen molar-refractivity contribution in [3.63, 3.8) is 0 Å². The number of ether oxygens (including phenoxy) is 1. The molecule has 0 aliphatic heterocycles. The summed E-state index contributed by atoms with van der Waals surface area (Å²) in [5.41, 5.74) is 0.983. The highest BCUT2D eigenvalue weighted by Crippen LogP contribution is 2.30. The first-order chi connectivity index (χ1) is 10.1. The van der Waals surface area contributed by atoms with Crippen molar-refractivity contribution in [3.05, 3.63) is 28.8 Å². The predicted molar refractivity (Wildman–Crippen MR) is 87.1 cm³/mol. The van der Waals surface area contributed by atoms with Crippen molar-refractivity contribution < 1.29 is 9.84 Å². The smallest absolute Gasteiger partial charge is 0.119 e. The summed E-state index contributed by atoms with van der Waals surface area (Å²) >= 11 is 5.97. The fraction of sp³-hybridized carbons (Fsp3) is 0.647. The highest BCUT2D eigenvalue weighted by molar-refractivity contribution is 6.31. The van der Waals surface area contributed by atoms with Gasteiger partial charge in [0.1, 0.15) is 18.5 Å². The molecule has 0 radical (unpaired) electrons. The quantitative estimate of drug-likeness (QED) is 0.811. The van der Waals surface area contributed by atoms with Gasteiger partial charge < -0.3 is 15.2 Å². The Labute approximate surface area is 132 Å². The molecule has 1 aliphatic rings. The number of benzene rings is 1. The Bertz CT molecular complexity index is 452. The zero-order chi connectivity index (χ0) is 15.2. The van der Waals surface area contributed by atoms with Crippen LogP contribution in [-0.2, 0) is 0 Å². The van der Waals surface area contributed by atoms with E-state index >= 15 is 0 Å². The van der Waals surface area contributed by atoms with E-state index in [1.165, 1.54) is 19.3 Å². The molecule has 0 spiro atoms. The summed E-state index contributed by atoms with van der Waals surface area (Å²) in [7, 11) is 0. The maximum Gasteiger partial charge on any atom is 0.119 e. The number of aliphatic hydroxyl groups excluding tert-OH is 1. The molecule has 3 unspecified atom stereocenters. The predicted octanol–water partition coefficient (Wildman–Crippen LogP) is 3.41. The summed E-state index contributed by atoms with van der Waals surface area (Å²) < 4.78 is 5.60. The molecule has 1 aliphatic carbocycles. The highest BCUT2D eigenvalue weighted by atomic mass is 35.5. The first-order valence-corrected chi connectivity index (χ1v) is 8.22. The van der Waals surface area contributed by atoms with E-state index in [-0.39, 0.29) is 0 Å². The van der Waals surface area contributed by atoms with E-state index in [1.54, 1.807) is 0 Å². The van der Waals surface area contributed by atoms with Crippen molar-refractivity contribution >= 4 is 11.6 Å². The lowest BCUT2D eigenvalue weighted by molar-refractivity contribution is 0.105. The fourth-order valence-electron chi connectivity index (χ4n) is 2.92. The van der Waals surface area contributed by atoms with Crippen molar-refractivity contribution in [2.75, 3.05) is 19.7 Å². The van der Waals surface area contributed by atoms with Gasteiger partial charge in [0.25, 0.3) is 0 Å². The van der Waals surface area contributed by atoms with Gasteiger partial charge in [0, 0.05) is 11.6 Å². The van der Waals surface area contributed by atoms with Gasteiger partial charge in [-0.3, -0.25) is 0 Å². The maximum absolute atomic E-state index is 9.96. The zero-order valence-corrected chi connectivity index (χ0v) is 13.7. The Hall–Kier alpha value is -0.770. The number of aryl methyl sites for hydroxylation is 1. The van der Waals surface area contributed by atoms with Crippen LogP contribution in [0, 0.1) is 18.8 Å². The molecular formula is C17H26ClNO2. The Balaban J connectivity index is 1.65. The molecule has 2 rings (SSSR count). The molecule has 1 fully saturated rings. The second-order valence-electron chi connectivity index (χ2n) is 6.20. The van der Waals surface area contributed by atoms with Crippen LogP contribution in [-0.4, -0.2) is 30.9 Å². The molecule has 0 aromatic heterocycles. The van der Waals surface area contributed by atoms with Crippen LogP contribution in [0.5, 0.6) is 5.75 Å². The maximum atomic E-state index is 9.96. The molecule has 0 saturated heterocycles. The summed E-state index contributed by atoms with van der Waals surface area (Å²) in [4.78, 5) is 0. The van der Waals surface area contributed by atoms with Gasteiger partial charge in [-0.05, 0) is 55.5 Å². The minimum atomic E-state index is -0.488. The van der Waals surface area contributed by atoms with Gasteiger partial charge in [0.05, 0.1) is 0 Å². The zero-order valence-electron chi connectivity index (χ0n) is 12.9. The van der Waals surface area contributed by atoms with E-state index in [4.69, 9.17) is 16.3 Å². The van der Waals surface area contributed by atoms with Crippen molar-refractivity contribution in [2.45, 2.75) is 39.2 Å². The van der Waals surface area contributed by atoms with Gasteiger partial charge in [-0.1, -0.05) is 31.4 Å². The SMILES string of the molecule is Cc1cc(OCC(O)CNCC2CCCC2C)ccc1Cl. The van der Waals surface area contributed by atoms with Crippen LogP contribution in [0.25, 0.3) is 0 Å². The van der Waals surface area contributed by atoms with Gasteiger partial charge in [-0.25, -0.2) is 0 Å². The minimum absolute atomic E-state index is 0.300. The first kappa shape index (κ1) is 16.6. The molecule has 4 heteroatoms. The lowest BCUT2D eigenvalue weighted by Gasteiger charge is -2.18. The Morgan fingerprint density at radius 2 is 2.24 bits per heavy atom. The van der Waals surface area contributed by atoms with Gasteiger partial charge >= 0.3 is 0 Å². The third-order valence-electron chi connectivity index (χ3n) is 4.40. The van der Waals surface area contributed by atoms with Crippen molar-refractivity contribution in [1.29, 1.82) is 0 Å². The van der Waals surface area contributed by atoms with Crippen molar-refractivity contribution in [2.24, 2.45) is 11.8 Å². The fourth-order valence-corrected chi connectivity index (χ4v) is 3.04. The number of aliphatic hydroxyl groups is 1. The van der Waals surface area contributed by atoms with Crippen LogP contribution >= 0.6 is 11.6 Å². The molecule has 21 heavy (non-hydrogen) atoms. The molecule has 118 valence electrons. The number of hydrogen-bond acceptors (Lipinski definition) is 3. The molecule has 0 amide bonds. The van der Waals surface area contributed by atoms with E-state index < -0.39 is 6.10 Å². The number of nitrogens with one attached hydrogen (secondary N) is 1. The molecule has 2 N–H and O–H groups in total. The van der Waals surface area contributed by atoms with Crippen molar-refractivity contribution in [3.8, 4) is 5.75 Å². The summed E-state index contributed by atoms with van der Waals surface area (Å²) in [5, 5.41) is 14.1. The highest BCUT2D eigenvalue weighted by Gasteiger charge is 2.22. The second-order valence-corrected chi connectivity index (χ2v) is 6.61. The average Bonchev–Trinajstić information content (AvgIpc) is 2.86. The van der Waals surface area contributed by atoms with E-state index in [1.807, 2.05) is 25.1 Å². The van der Waals surface area contributed by atoms with Crippen LogP contribution in [0.15, 0.2) is 18.2 Å². The number of hydrogen-bond donors (Lipinski definition) is 2. The van der Waals surface area contributed by atoms with E-state index in [0.29, 0.717) is 13.2 Å². The summed E-state index contributed by atoms with van der Waals surface area (Å²) in [6, 6.07) is 5.54. The van der Waals surface area contributed by atoms with Crippen molar-refractivity contribution in [1.82, 2.24) is 5.32 Å². The molecule has 1 aromatic rings. The van der Waals surface area contributed by atoms with E-state index in [2.05, 4.69) is 12.2 Å². The Morgan fingerprint density at radius 1 is 1.43 bits per heavy atom.